The molecule has 0 bridgehead atoms. The van der Waals surface area contributed by atoms with E-state index in [0.29, 0.717) is 6.42 Å². The van der Waals surface area contributed by atoms with Crippen molar-refractivity contribution in [3.63, 3.8) is 0 Å². The second kappa shape index (κ2) is 19.5. The predicted octanol–water partition coefficient (Wildman–Crippen LogP) is 5.94. The van der Waals surface area contributed by atoms with Crippen molar-refractivity contribution in [1.82, 2.24) is 0 Å². The average molecular weight is 373 g/mol. The molecule has 3 nitrogen and oxygen atoms in total. The zero-order valence-electron chi connectivity index (χ0n) is 15.9. The molecule has 0 spiro atoms. The molecule has 1 N–H and O–H groups in total. The number of ether oxygens (including phenoxy) is 1. The van der Waals surface area contributed by atoms with E-state index in [1.165, 1.54) is 38.5 Å². The number of rotatable bonds is 17. The highest BCUT2D eigenvalue weighted by molar-refractivity contribution is 6.18. The molecule has 0 aromatic rings. The van der Waals surface area contributed by atoms with Crippen LogP contribution in [-0.2, 0) is 9.53 Å². The summed E-state index contributed by atoms with van der Waals surface area (Å²) < 4.78 is 5.03. The first-order chi connectivity index (χ1) is 12.2. The number of halogens is 1. The Labute approximate surface area is 159 Å². The number of hydrogen-bond acceptors (Lipinski definition) is 3. The van der Waals surface area contributed by atoms with Crippen LogP contribution in [0.15, 0.2) is 24.3 Å². The number of esters is 1. The Hall–Kier alpha value is -0.800. The third-order valence-electron chi connectivity index (χ3n) is 4.01. The van der Waals surface area contributed by atoms with Crippen LogP contribution in [0.3, 0.4) is 0 Å². The quantitative estimate of drug-likeness (QED) is 0.149. The van der Waals surface area contributed by atoms with Crippen molar-refractivity contribution < 1.29 is 14.6 Å². The number of carbonyl (C=O) groups is 1. The molecule has 0 aliphatic heterocycles. The molecule has 0 aromatic heterocycles. The minimum Gasteiger partial charge on any atom is -0.459 e. The Bertz CT molecular complexity index is 349. The molecule has 0 aliphatic carbocycles. The summed E-state index contributed by atoms with van der Waals surface area (Å²) in [4.78, 5) is 11.5. The average Bonchev–Trinajstić information content (AvgIpc) is 2.62. The zero-order valence-corrected chi connectivity index (χ0v) is 16.7. The summed E-state index contributed by atoms with van der Waals surface area (Å²) in [6.07, 6.45) is 21.7. The largest absolute Gasteiger partial charge is 0.459 e. The number of unbranched alkanes of at least 4 members (excludes halogenated alkanes) is 8. The fourth-order valence-corrected chi connectivity index (χ4v) is 2.60. The van der Waals surface area contributed by atoms with Crippen molar-refractivity contribution in [3.8, 4) is 0 Å². The van der Waals surface area contributed by atoms with Crippen LogP contribution in [0.25, 0.3) is 0 Å². The second-order valence-corrected chi connectivity index (χ2v) is 6.74. The van der Waals surface area contributed by atoms with E-state index in [-0.39, 0.29) is 18.5 Å². The van der Waals surface area contributed by atoms with Gasteiger partial charge in [-0.3, -0.25) is 4.79 Å². The van der Waals surface area contributed by atoms with Crippen LogP contribution in [0.4, 0.5) is 0 Å². The summed E-state index contributed by atoms with van der Waals surface area (Å²) >= 11 is 5.56. The molecule has 0 rings (SSSR count). The third kappa shape index (κ3) is 17.8. The van der Waals surface area contributed by atoms with Gasteiger partial charge in [0, 0.05) is 6.42 Å². The summed E-state index contributed by atoms with van der Waals surface area (Å²) in [5.41, 5.74) is 0. The number of aliphatic hydroxyl groups is 1. The van der Waals surface area contributed by atoms with Crippen LogP contribution in [-0.4, -0.2) is 29.7 Å². The normalized spacial score (nSPS) is 12.9. The minimum atomic E-state index is -0.563. The lowest BCUT2D eigenvalue weighted by molar-refractivity contribution is -0.149. The molecule has 4 heteroatoms. The van der Waals surface area contributed by atoms with Crippen molar-refractivity contribution in [1.29, 1.82) is 0 Å². The van der Waals surface area contributed by atoms with Crippen molar-refractivity contribution in [2.75, 3.05) is 12.5 Å². The zero-order chi connectivity index (χ0) is 18.6. The molecule has 0 fully saturated rings. The highest BCUT2D eigenvalue weighted by Gasteiger charge is 2.11. The second-order valence-electron chi connectivity index (χ2n) is 6.43. The maximum Gasteiger partial charge on any atom is 0.306 e. The molecule has 0 unspecified atom stereocenters. The van der Waals surface area contributed by atoms with E-state index in [1.807, 2.05) is 0 Å². The predicted molar refractivity (Wildman–Crippen MR) is 107 cm³/mol. The van der Waals surface area contributed by atoms with Crippen LogP contribution >= 0.6 is 11.6 Å². The van der Waals surface area contributed by atoms with Gasteiger partial charge in [0.05, 0.1) is 12.5 Å². The fraction of sp³-hybridized carbons (Fsp3) is 0.762. The smallest absolute Gasteiger partial charge is 0.306 e. The van der Waals surface area contributed by atoms with Gasteiger partial charge in [0.15, 0.2) is 0 Å². The lowest BCUT2D eigenvalue weighted by Gasteiger charge is -2.12. The maximum atomic E-state index is 11.5. The van der Waals surface area contributed by atoms with Gasteiger partial charge < -0.3 is 9.84 Å². The molecule has 0 saturated heterocycles. The minimum absolute atomic E-state index is 0.143. The number of hydrogen-bond donors (Lipinski definition) is 1. The molecule has 25 heavy (non-hydrogen) atoms. The first-order valence-corrected chi connectivity index (χ1v) is 10.4. The van der Waals surface area contributed by atoms with Crippen molar-refractivity contribution in [2.45, 2.75) is 90.1 Å². The summed E-state index contributed by atoms with van der Waals surface area (Å²) in [5, 5.41) is 8.91. The van der Waals surface area contributed by atoms with Crippen LogP contribution < -0.4 is 0 Å². The van der Waals surface area contributed by atoms with Crippen molar-refractivity contribution in [3.05, 3.63) is 24.3 Å². The van der Waals surface area contributed by atoms with E-state index >= 15 is 0 Å². The molecule has 0 saturated carbocycles. The van der Waals surface area contributed by atoms with Crippen LogP contribution in [0.5, 0.6) is 0 Å². The Morgan fingerprint density at radius 2 is 1.56 bits per heavy atom. The van der Waals surface area contributed by atoms with Gasteiger partial charge in [-0.2, -0.15) is 0 Å². The molecular weight excluding hydrogens is 336 g/mol. The van der Waals surface area contributed by atoms with Crippen molar-refractivity contribution in [2.24, 2.45) is 0 Å². The van der Waals surface area contributed by atoms with Gasteiger partial charge in [0.1, 0.15) is 6.10 Å². The fourth-order valence-electron chi connectivity index (χ4n) is 2.44. The summed E-state index contributed by atoms with van der Waals surface area (Å²) in [6, 6.07) is 0. The van der Waals surface area contributed by atoms with E-state index in [2.05, 4.69) is 31.2 Å². The van der Waals surface area contributed by atoms with Crippen LogP contribution in [0.1, 0.15) is 84.0 Å². The number of alkyl halides is 1. The van der Waals surface area contributed by atoms with Gasteiger partial charge in [0.25, 0.3) is 0 Å². The SMILES string of the molecule is CCCCC/C=C\C/C=C\CCCCCCCC(=O)O[C@@H](CO)CCl. The van der Waals surface area contributed by atoms with Gasteiger partial charge in [0.2, 0.25) is 0 Å². The molecule has 0 aromatic carbocycles. The van der Waals surface area contributed by atoms with Gasteiger partial charge >= 0.3 is 5.97 Å². The van der Waals surface area contributed by atoms with E-state index in [4.69, 9.17) is 21.4 Å². The van der Waals surface area contributed by atoms with Gasteiger partial charge in [-0.15, -0.1) is 11.6 Å². The first kappa shape index (κ1) is 24.2. The maximum absolute atomic E-state index is 11.5. The Balaban J connectivity index is 3.35. The highest BCUT2D eigenvalue weighted by Crippen LogP contribution is 2.09. The third-order valence-corrected chi connectivity index (χ3v) is 4.35. The lowest BCUT2D eigenvalue weighted by Crippen LogP contribution is -2.23. The van der Waals surface area contributed by atoms with Crippen LogP contribution in [0, 0.1) is 0 Å². The van der Waals surface area contributed by atoms with Gasteiger partial charge in [-0.05, 0) is 38.5 Å². The highest BCUT2D eigenvalue weighted by atomic mass is 35.5. The number of aliphatic hydroxyl groups excluding tert-OH is 1. The Kier molecular flexibility index (Phi) is 18.9. The van der Waals surface area contributed by atoms with E-state index in [0.717, 1.165) is 32.1 Å². The van der Waals surface area contributed by atoms with Gasteiger partial charge in [-0.1, -0.05) is 63.3 Å². The molecule has 0 radical (unpaired) electrons. The van der Waals surface area contributed by atoms with Crippen molar-refractivity contribution >= 4 is 17.6 Å². The summed E-state index contributed by atoms with van der Waals surface area (Å²) in [5.74, 6) is -0.116. The number of allylic oxidation sites excluding steroid dienone is 4. The Morgan fingerprint density at radius 1 is 0.960 bits per heavy atom. The van der Waals surface area contributed by atoms with E-state index in [9.17, 15) is 4.79 Å². The summed E-state index contributed by atoms with van der Waals surface area (Å²) in [7, 11) is 0. The molecule has 1 atom stereocenters. The molecular formula is C21H37ClO3. The first-order valence-electron chi connectivity index (χ1n) is 9.90. The molecule has 0 heterocycles. The monoisotopic (exact) mass is 372 g/mol. The van der Waals surface area contributed by atoms with E-state index in [1.54, 1.807) is 0 Å². The number of carbonyl (C=O) groups excluding carboxylic acids is 1. The molecule has 146 valence electrons. The standard InChI is InChI=1S/C21H37ClO3/c1-2-3-4-5-6-7-8-9-10-11-12-13-14-15-16-17-21(24)25-20(18-22)19-23/h6-7,9-10,20,23H,2-5,8,11-19H2,1H3/b7-6-,10-9-/t20-/m1/s1. The molecule has 0 aliphatic rings. The summed E-state index contributed by atoms with van der Waals surface area (Å²) in [6.45, 7) is 2.02. The van der Waals surface area contributed by atoms with Gasteiger partial charge in [-0.25, -0.2) is 0 Å². The Morgan fingerprint density at radius 3 is 2.16 bits per heavy atom. The van der Waals surface area contributed by atoms with Crippen LogP contribution in [0.2, 0.25) is 0 Å². The van der Waals surface area contributed by atoms with E-state index < -0.39 is 6.10 Å². The topological polar surface area (TPSA) is 46.5 Å². The molecule has 0 amide bonds. The lowest BCUT2D eigenvalue weighted by atomic mass is 10.1.